The molecule has 110 valence electrons. The Bertz CT molecular complexity index is 540. The Kier molecular flexibility index (Phi) is 3.28. The molecule has 0 radical (unpaired) electrons. The highest BCUT2D eigenvalue weighted by Gasteiger charge is 2.65. The quantitative estimate of drug-likeness (QED) is 0.843. The van der Waals surface area contributed by atoms with Crippen LogP contribution in [0.3, 0.4) is 0 Å². The number of rotatable bonds is 2. The Labute approximate surface area is 130 Å². The van der Waals surface area contributed by atoms with Gasteiger partial charge in [0, 0.05) is 29.1 Å². The smallest absolute Gasteiger partial charge is 0.142 e. The lowest BCUT2D eigenvalue weighted by Crippen LogP contribution is -2.31. The van der Waals surface area contributed by atoms with Crippen molar-refractivity contribution in [2.45, 2.75) is 46.2 Å². The monoisotopic (exact) mass is 313 g/mol. The van der Waals surface area contributed by atoms with Crippen LogP contribution in [0.2, 0.25) is 10.0 Å². The van der Waals surface area contributed by atoms with Crippen molar-refractivity contribution in [3.63, 3.8) is 0 Å². The lowest BCUT2D eigenvalue weighted by Gasteiger charge is -2.28. The van der Waals surface area contributed by atoms with Gasteiger partial charge in [0.05, 0.1) is 11.6 Å². The Hall–Kier alpha value is -0.440. The molecule has 0 bridgehead atoms. The average molecular weight is 314 g/mol. The van der Waals surface area contributed by atoms with E-state index in [1.165, 1.54) is 0 Å². The first-order valence-corrected chi connectivity index (χ1v) is 7.88. The fourth-order valence-corrected chi connectivity index (χ4v) is 3.98. The van der Waals surface area contributed by atoms with Crippen molar-refractivity contribution in [2.75, 3.05) is 6.61 Å². The molecule has 20 heavy (non-hydrogen) atoms. The van der Waals surface area contributed by atoms with Crippen molar-refractivity contribution in [3.8, 4) is 5.75 Å². The zero-order valence-corrected chi connectivity index (χ0v) is 13.9. The number of benzene rings is 1. The summed E-state index contributed by atoms with van der Waals surface area (Å²) < 4.78 is 5.71. The minimum Gasteiger partial charge on any atom is -0.492 e. The fourth-order valence-electron chi connectivity index (χ4n) is 3.41. The third-order valence-electron chi connectivity index (χ3n) is 5.45. The summed E-state index contributed by atoms with van der Waals surface area (Å²) >= 11 is 12.4. The molecule has 1 N–H and O–H groups in total. The minimum atomic E-state index is 0.265. The number of nitrogens with one attached hydrogen (secondary N) is 1. The SMILES string of the molecule is CC1(C)C(NC2CCOc3c(Cl)cc(Cl)cc32)C1(C)C. The lowest BCUT2D eigenvalue weighted by molar-refractivity contribution is 0.248. The summed E-state index contributed by atoms with van der Waals surface area (Å²) in [6.07, 6.45) is 0.951. The Morgan fingerprint density at radius 3 is 2.40 bits per heavy atom. The molecule has 1 aliphatic heterocycles. The van der Waals surface area contributed by atoms with Crippen LogP contribution in [0.15, 0.2) is 12.1 Å². The molecule has 1 aliphatic carbocycles. The van der Waals surface area contributed by atoms with Gasteiger partial charge in [-0.2, -0.15) is 0 Å². The van der Waals surface area contributed by atoms with Crippen LogP contribution in [0.4, 0.5) is 0 Å². The lowest BCUT2D eigenvalue weighted by atomic mass is 10.00. The predicted octanol–water partition coefficient (Wildman–Crippen LogP) is 4.84. The van der Waals surface area contributed by atoms with E-state index in [2.05, 4.69) is 33.0 Å². The van der Waals surface area contributed by atoms with Gasteiger partial charge in [0.2, 0.25) is 0 Å². The number of ether oxygens (including phenoxy) is 1. The molecule has 3 rings (SSSR count). The van der Waals surface area contributed by atoms with Crippen LogP contribution >= 0.6 is 23.2 Å². The summed E-state index contributed by atoms with van der Waals surface area (Å²) in [6, 6.07) is 4.49. The first-order chi connectivity index (χ1) is 9.25. The normalized spacial score (nSPS) is 26.8. The molecule has 2 nitrogen and oxygen atoms in total. The third-order valence-corrected chi connectivity index (χ3v) is 5.95. The van der Waals surface area contributed by atoms with Gasteiger partial charge in [0.15, 0.2) is 0 Å². The van der Waals surface area contributed by atoms with E-state index in [4.69, 9.17) is 27.9 Å². The minimum absolute atomic E-state index is 0.265. The molecule has 0 saturated heterocycles. The molecule has 1 unspecified atom stereocenters. The van der Waals surface area contributed by atoms with Crippen LogP contribution in [0.5, 0.6) is 5.75 Å². The third kappa shape index (κ3) is 2.04. The molecule has 1 atom stereocenters. The van der Waals surface area contributed by atoms with E-state index >= 15 is 0 Å². The van der Waals surface area contributed by atoms with Gasteiger partial charge in [-0.1, -0.05) is 50.9 Å². The summed E-state index contributed by atoms with van der Waals surface area (Å²) in [7, 11) is 0. The number of halogens is 2. The summed E-state index contributed by atoms with van der Waals surface area (Å²) in [5.41, 5.74) is 1.72. The molecule has 0 amide bonds. The molecule has 1 aromatic rings. The summed E-state index contributed by atoms with van der Waals surface area (Å²) in [5, 5.41) is 5.06. The van der Waals surface area contributed by atoms with Crippen LogP contribution in [0, 0.1) is 10.8 Å². The number of hydrogen-bond donors (Lipinski definition) is 1. The van der Waals surface area contributed by atoms with Gasteiger partial charge in [-0.05, 0) is 23.0 Å². The standard InChI is InChI=1S/C16H21Cl2NO/c1-15(2)14(16(15,3)4)19-12-5-6-20-13-10(12)7-9(17)8-11(13)18/h7-8,12,14,19H,5-6H2,1-4H3. The second kappa shape index (κ2) is 4.53. The van der Waals surface area contributed by atoms with E-state index < -0.39 is 0 Å². The largest absolute Gasteiger partial charge is 0.492 e. The van der Waals surface area contributed by atoms with Crippen LogP contribution in [0.25, 0.3) is 0 Å². The molecule has 1 aromatic carbocycles. The molecule has 1 saturated carbocycles. The van der Waals surface area contributed by atoms with Crippen molar-refractivity contribution in [3.05, 3.63) is 27.7 Å². The van der Waals surface area contributed by atoms with Crippen LogP contribution in [-0.4, -0.2) is 12.6 Å². The van der Waals surface area contributed by atoms with E-state index in [1.54, 1.807) is 6.07 Å². The van der Waals surface area contributed by atoms with Crippen molar-refractivity contribution >= 4 is 23.2 Å². The zero-order valence-electron chi connectivity index (χ0n) is 12.4. The van der Waals surface area contributed by atoms with E-state index in [1.807, 2.05) is 6.07 Å². The van der Waals surface area contributed by atoms with Crippen molar-refractivity contribution in [2.24, 2.45) is 10.8 Å². The molecule has 4 heteroatoms. The summed E-state index contributed by atoms with van der Waals surface area (Å²) in [6.45, 7) is 9.96. The average Bonchev–Trinajstić information content (AvgIpc) is 2.72. The maximum absolute atomic E-state index is 6.24. The van der Waals surface area contributed by atoms with Gasteiger partial charge < -0.3 is 10.1 Å². The Balaban J connectivity index is 1.88. The molecule has 0 aromatic heterocycles. The van der Waals surface area contributed by atoms with Gasteiger partial charge in [-0.3, -0.25) is 0 Å². The summed E-state index contributed by atoms with van der Waals surface area (Å²) in [4.78, 5) is 0. The van der Waals surface area contributed by atoms with Gasteiger partial charge in [-0.25, -0.2) is 0 Å². The molecule has 0 spiro atoms. The first-order valence-electron chi connectivity index (χ1n) is 7.13. The second-order valence-electron chi connectivity index (χ2n) is 7.04. The molecule has 1 heterocycles. The highest BCUT2D eigenvalue weighted by molar-refractivity contribution is 6.35. The highest BCUT2D eigenvalue weighted by atomic mass is 35.5. The molecule has 1 fully saturated rings. The number of fused-ring (bicyclic) bond motifs is 1. The maximum atomic E-state index is 6.24. The Morgan fingerprint density at radius 1 is 1.15 bits per heavy atom. The second-order valence-corrected chi connectivity index (χ2v) is 7.88. The van der Waals surface area contributed by atoms with E-state index in [0.717, 1.165) is 17.7 Å². The van der Waals surface area contributed by atoms with Crippen molar-refractivity contribution in [1.29, 1.82) is 0 Å². The maximum Gasteiger partial charge on any atom is 0.142 e. The van der Waals surface area contributed by atoms with Gasteiger partial charge >= 0.3 is 0 Å². The van der Waals surface area contributed by atoms with Gasteiger partial charge in [-0.15, -0.1) is 0 Å². The predicted molar refractivity (Wildman–Crippen MR) is 83.8 cm³/mol. The van der Waals surface area contributed by atoms with Gasteiger partial charge in [0.1, 0.15) is 5.75 Å². The summed E-state index contributed by atoms with van der Waals surface area (Å²) in [5.74, 6) is 0.788. The van der Waals surface area contributed by atoms with E-state index in [9.17, 15) is 0 Å². The Morgan fingerprint density at radius 2 is 1.80 bits per heavy atom. The number of hydrogen-bond acceptors (Lipinski definition) is 2. The highest BCUT2D eigenvalue weighted by Crippen LogP contribution is 2.63. The van der Waals surface area contributed by atoms with E-state index in [-0.39, 0.29) is 6.04 Å². The molecular formula is C16H21Cl2NO. The molecular weight excluding hydrogens is 293 g/mol. The fraction of sp³-hybridized carbons (Fsp3) is 0.625. The van der Waals surface area contributed by atoms with Crippen LogP contribution in [-0.2, 0) is 0 Å². The topological polar surface area (TPSA) is 21.3 Å². The van der Waals surface area contributed by atoms with Crippen LogP contribution in [0.1, 0.15) is 45.7 Å². The zero-order chi connectivity index (χ0) is 14.7. The molecule has 2 aliphatic rings. The van der Waals surface area contributed by atoms with Crippen molar-refractivity contribution in [1.82, 2.24) is 5.32 Å². The first kappa shape index (κ1) is 14.5. The van der Waals surface area contributed by atoms with E-state index in [0.29, 0.717) is 33.5 Å². The van der Waals surface area contributed by atoms with Crippen LogP contribution < -0.4 is 10.1 Å². The van der Waals surface area contributed by atoms with Crippen molar-refractivity contribution < 1.29 is 4.74 Å². The van der Waals surface area contributed by atoms with Gasteiger partial charge in [0.25, 0.3) is 0 Å².